The van der Waals surface area contributed by atoms with Gasteiger partial charge in [-0.3, -0.25) is 4.79 Å². The second kappa shape index (κ2) is 13.7. The Kier molecular flexibility index (Phi) is 10.3. The predicted octanol–water partition coefficient (Wildman–Crippen LogP) is 6.83. The monoisotopic (exact) mass is 621 g/mol. The Morgan fingerprint density at radius 3 is 1.88 bits per heavy atom. The van der Waals surface area contributed by atoms with E-state index in [1.165, 1.54) is 6.92 Å². The molecule has 0 aliphatic rings. The lowest BCUT2D eigenvalue weighted by molar-refractivity contribution is -0.120. The van der Waals surface area contributed by atoms with E-state index in [-0.39, 0.29) is 11.9 Å². The van der Waals surface area contributed by atoms with Gasteiger partial charge in [0.25, 0.3) is 0 Å². The van der Waals surface area contributed by atoms with Gasteiger partial charge >= 0.3 is 0 Å². The number of benzene rings is 2. The van der Waals surface area contributed by atoms with Crippen molar-refractivity contribution in [1.29, 1.82) is 0 Å². The normalized spacial score (nSPS) is 12.1. The highest BCUT2D eigenvalue weighted by atomic mass is 35.5. The number of ether oxygens (including phenoxy) is 2. The summed E-state index contributed by atoms with van der Waals surface area (Å²) < 4.78 is 11.1. The summed E-state index contributed by atoms with van der Waals surface area (Å²) in [5, 5.41) is 7.32. The van der Waals surface area contributed by atoms with Gasteiger partial charge in [-0.15, -0.1) is 0 Å². The summed E-state index contributed by atoms with van der Waals surface area (Å²) in [6, 6.07) is 19.0. The van der Waals surface area contributed by atoms with Crippen LogP contribution in [0.2, 0.25) is 10.0 Å². The summed E-state index contributed by atoms with van der Waals surface area (Å²) in [5.74, 6) is 0.874. The van der Waals surface area contributed by atoms with Gasteiger partial charge in [0, 0.05) is 65.0 Å². The van der Waals surface area contributed by atoms with Crippen LogP contribution in [0.3, 0.4) is 0 Å². The molecule has 4 rings (SSSR count). The van der Waals surface area contributed by atoms with E-state index in [2.05, 4.69) is 15.6 Å². The van der Waals surface area contributed by atoms with Crippen molar-refractivity contribution in [2.45, 2.75) is 45.8 Å². The maximum Gasteiger partial charge on any atom is 0.218 e. The van der Waals surface area contributed by atoms with Crippen LogP contribution in [0.4, 0.5) is 0 Å². The van der Waals surface area contributed by atoms with Gasteiger partial charge in [0.2, 0.25) is 17.7 Å². The highest BCUT2D eigenvalue weighted by Gasteiger charge is 2.20. The van der Waals surface area contributed by atoms with Crippen molar-refractivity contribution in [1.82, 2.24) is 20.6 Å². The standard InChI is InChI=1S/C33H37Cl2N5O3/c1-19(36)22-14-16-28(39-32(22)43-6)26-12-8-10-24(30(26)35)23-9-7-11-25(29(23)34)27-15-13-21(31(38-27)42-5)17-37-18-33(3,4)40-20(2)41/h7-16,19,37H,17-18,36H2,1-6H3,(H,40,41)/t19-/m0/s1. The summed E-state index contributed by atoms with van der Waals surface area (Å²) in [6.07, 6.45) is 0. The van der Waals surface area contributed by atoms with Crippen LogP contribution in [0.1, 0.15) is 44.9 Å². The SMILES string of the molecule is COc1nc(-c2cccc(-c3cccc(-c4ccc([C@H](C)N)c(OC)n4)c3Cl)c2Cl)ccc1CNCC(C)(C)NC(C)=O. The predicted molar refractivity (Wildman–Crippen MR) is 174 cm³/mol. The number of aromatic nitrogens is 2. The molecule has 8 nitrogen and oxygen atoms in total. The Morgan fingerprint density at radius 2 is 1.37 bits per heavy atom. The number of carbonyl (C=O) groups is 1. The second-order valence-corrected chi connectivity index (χ2v) is 11.7. The number of hydrogen-bond acceptors (Lipinski definition) is 7. The summed E-state index contributed by atoms with van der Waals surface area (Å²) in [7, 11) is 3.16. The van der Waals surface area contributed by atoms with Crippen LogP contribution < -0.4 is 25.8 Å². The average Bonchev–Trinajstić information content (AvgIpc) is 2.96. The molecule has 0 saturated heterocycles. The minimum Gasteiger partial charge on any atom is -0.481 e. The number of rotatable bonds is 11. The largest absolute Gasteiger partial charge is 0.481 e. The van der Waals surface area contributed by atoms with E-state index >= 15 is 0 Å². The van der Waals surface area contributed by atoms with Gasteiger partial charge in [-0.25, -0.2) is 9.97 Å². The van der Waals surface area contributed by atoms with Crippen molar-refractivity contribution in [2.24, 2.45) is 5.73 Å². The minimum absolute atomic E-state index is 0.0738. The molecule has 2 aromatic carbocycles. The molecule has 226 valence electrons. The fraction of sp³-hybridized carbons (Fsp3) is 0.303. The number of methoxy groups -OCH3 is 2. The Hall–Kier alpha value is -3.69. The fourth-order valence-corrected chi connectivity index (χ4v) is 5.60. The number of halogens is 2. The third-order valence-electron chi connectivity index (χ3n) is 6.94. The van der Waals surface area contributed by atoms with Gasteiger partial charge < -0.3 is 25.8 Å². The average molecular weight is 623 g/mol. The first-order chi connectivity index (χ1) is 20.5. The Labute approximate surface area is 262 Å². The van der Waals surface area contributed by atoms with E-state index in [9.17, 15) is 4.79 Å². The van der Waals surface area contributed by atoms with Crippen LogP contribution in [0, 0.1) is 0 Å². The van der Waals surface area contributed by atoms with E-state index in [4.69, 9.17) is 43.4 Å². The lowest BCUT2D eigenvalue weighted by atomic mass is 9.98. The molecular weight excluding hydrogens is 585 g/mol. The number of nitrogens with two attached hydrogens (primary N) is 1. The molecule has 2 heterocycles. The highest BCUT2D eigenvalue weighted by Crippen LogP contribution is 2.42. The topological polar surface area (TPSA) is 111 Å². The van der Waals surface area contributed by atoms with Crippen molar-refractivity contribution in [3.63, 3.8) is 0 Å². The fourth-order valence-electron chi connectivity index (χ4n) is 4.95. The lowest BCUT2D eigenvalue weighted by Gasteiger charge is -2.26. The van der Waals surface area contributed by atoms with Crippen LogP contribution in [0.5, 0.6) is 11.8 Å². The number of pyridine rings is 2. The number of amides is 1. The highest BCUT2D eigenvalue weighted by molar-refractivity contribution is 6.39. The Bertz CT molecular complexity index is 1620. The van der Waals surface area contributed by atoms with E-state index < -0.39 is 5.54 Å². The maximum atomic E-state index is 11.5. The quantitative estimate of drug-likeness (QED) is 0.168. The Morgan fingerprint density at radius 1 is 0.860 bits per heavy atom. The molecule has 0 saturated carbocycles. The molecule has 4 aromatic rings. The van der Waals surface area contributed by atoms with E-state index in [0.29, 0.717) is 46.3 Å². The smallest absolute Gasteiger partial charge is 0.218 e. The number of hydrogen-bond donors (Lipinski definition) is 3. The molecule has 1 amide bonds. The van der Waals surface area contributed by atoms with Crippen molar-refractivity contribution < 1.29 is 14.3 Å². The number of nitrogens with one attached hydrogen (secondary N) is 2. The third kappa shape index (κ3) is 7.46. The second-order valence-electron chi connectivity index (χ2n) is 11.0. The zero-order valence-electron chi connectivity index (χ0n) is 25.2. The summed E-state index contributed by atoms with van der Waals surface area (Å²) in [4.78, 5) is 20.9. The summed E-state index contributed by atoms with van der Waals surface area (Å²) >= 11 is 14.0. The number of nitrogens with zero attached hydrogens (tertiary/aromatic N) is 2. The summed E-state index contributed by atoms with van der Waals surface area (Å²) in [6.45, 7) is 8.40. The molecule has 0 aliphatic carbocycles. The minimum atomic E-state index is -0.395. The molecular formula is C33H37Cl2N5O3. The van der Waals surface area contributed by atoms with Crippen molar-refractivity contribution in [3.05, 3.63) is 81.8 Å². The molecule has 43 heavy (non-hydrogen) atoms. The van der Waals surface area contributed by atoms with Crippen LogP contribution in [0.15, 0.2) is 60.7 Å². The zero-order valence-corrected chi connectivity index (χ0v) is 26.7. The van der Waals surface area contributed by atoms with E-state index in [1.807, 2.05) is 81.4 Å². The van der Waals surface area contributed by atoms with Gasteiger partial charge in [0.05, 0.1) is 35.7 Å². The third-order valence-corrected chi connectivity index (χ3v) is 7.76. The van der Waals surface area contributed by atoms with Crippen LogP contribution in [-0.4, -0.2) is 42.2 Å². The molecule has 4 N–H and O–H groups in total. The van der Waals surface area contributed by atoms with Gasteiger partial charge in [0.15, 0.2) is 0 Å². The Balaban J connectivity index is 1.65. The first-order valence-electron chi connectivity index (χ1n) is 13.9. The van der Waals surface area contributed by atoms with E-state index in [1.54, 1.807) is 14.2 Å². The van der Waals surface area contributed by atoms with Crippen molar-refractivity contribution >= 4 is 29.1 Å². The van der Waals surface area contributed by atoms with Crippen LogP contribution in [0.25, 0.3) is 33.6 Å². The van der Waals surface area contributed by atoms with E-state index in [0.717, 1.165) is 33.4 Å². The molecule has 2 aromatic heterocycles. The zero-order chi connectivity index (χ0) is 31.3. The molecule has 0 unspecified atom stereocenters. The molecule has 1 atom stereocenters. The van der Waals surface area contributed by atoms with Crippen molar-refractivity contribution in [3.8, 4) is 45.4 Å². The van der Waals surface area contributed by atoms with Crippen molar-refractivity contribution in [2.75, 3.05) is 20.8 Å². The maximum absolute atomic E-state index is 11.5. The molecule has 0 aliphatic heterocycles. The molecule has 0 bridgehead atoms. The molecule has 0 radical (unpaired) electrons. The van der Waals surface area contributed by atoms with Gasteiger partial charge in [-0.05, 0) is 39.0 Å². The summed E-state index contributed by atoms with van der Waals surface area (Å²) in [5.41, 5.74) is 11.7. The number of carbonyl (C=O) groups excluding carboxylic acids is 1. The van der Waals surface area contributed by atoms with Crippen LogP contribution >= 0.6 is 23.2 Å². The molecule has 0 fully saturated rings. The van der Waals surface area contributed by atoms with Gasteiger partial charge in [-0.1, -0.05) is 65.7 Å². The molecule has 10 heteroatoms. The first kappa shape index (κ1) is 32.2. The molecule has 0 spiro atoms. The first-order valence-corrected chi connectivity index (χ1v) is 14.6. The van der Waals surface area contributed by atoms with Gasteiger partial charge in [-0.2, -0.15) is 0 Å². The van der Waals surface area contributed by atoms with Gasteiger partial charge in [0.1, 0.15) is 0 Å². The van der Waals surface area contributed by atoms with Crippen LogP contribution in [-0.2, 0) is 11.3 Å². The lowest BCUT2D eigenvalue weighted by Crippen LogP contribution is -2.49.